The first-order valence-electron chi connectivity index (χ1n) is 11.2. The van der Waals surface area contributed by atoms with Gasteiger partial charge in [-0.25, -0.2) is 4.99 Å². The summed E-state index contributed by atoms with van der Waals surface area (Å²) in [6, 6.07) is 25.0. The van der Waals surface area contributed by atoms with E-state index in [0.717, 1.165) is 23.2 Å². The molecule has 0 spiro atoms. The van der Waals surface area contributed by atoms with Crippen LogP contribution in [0.25, 0.3) is 11.1 Å². The van der Waals surface area contributed by atoms with Gasteiger partial charge in [0.05, 0.1) is 5.57 Å². The zero-order chi connectivity index (χ0) is 23.5. The molecule has 0 bridgehead atoms. The van der Waals surface area contributed by atoms with Crippen LogP contribution in [-0.4, -0.2) is 16.9 Å². The molecule has 3 N–H and O–H groups in total. The number of oxazole rings is 1. The van der Waals surface area contributed by atoms with E-state index in [1.807, 2.05) is 85.8 Å². The van der Waals surface area contributed by atoms with Gasteiger partial charge < -0.3 is 15.1 Å². The second-order valence-corrected chi connectivity index (χ2v) is 8.07. The molecule has 1 aliphatic rings. The molecule has 0 aliphatic carbocycles. The summed E-state index contributed by atoms with van der Waals surface area (Å²) in [4.78, 5) is 22.6. The minimum atomic E-state index is -0.496. The largest absolute Gasteiger partial charge is 0.423 e. The molecule has 1 amide bonds. The number of aromatic nitrogens is 1. The third-order valence-electron chi connectivity index (χ3n) is 5.74. The first kappa shape index (κ1) is 21.5. The van der Waals surface area contributed by atoms with Gasteiger partial charge in [-0.05, 0) is 48.7 Å². The fourth-order valence-corrected chi connectivity index (χ4v) is 3.96. The van der Waals surface area contributed by atoms with Gasteiger partial charge in [0.1, 0.15) is 11.6 Å². The van der Waals surface area contributed by atoms with Crippen LogP contribution in [0.15, 0.2) is 99.5 Å². The Balaban J connectivity index is 1.44. The van der Waals surface area contributed by atoms with Crippen LogP contribution in [0.4, 0.5) is 11.7 Å². The summed E-state index contributed by atoms with van der Waals surface area (Å²) in [7, 11) is 0. The minimum Gasteiger partial charge on any atom is -0.423 e. The van der Waals surface area contributed by atoms with Gasteiger partial charge >= 0.3 is 6.01 Å². The zero-order valence-electron chi connectivity index (χ0n) is 19.0. The zero-order valence-corrected chi connectivity index (χ0v) is 19.0. The van der Waals surface area contributed by atoms with E-state index in [1.54, 1.807) is 0 Å². The summed E-state index contributed by atoms with van der Waals surface area (Å²) < 4.78 is 5.78. The van der Waals surface area contributed by atoms with Gasteiger partial charge in [-0.15, -0.1) is 0 Å². The van der Waals surface area contributed by atoms with Gasteiger partial charge in [0.15, 0.2) is 5.58 Å². The number of fused-ring (bicyclic) bond motifs is 1. The van der Waals surface area contributed by atoms with Crippen LogP contribution in [-0.2, 0) is 11.2 Å². The van der Waals surface area contributed by atoms with Crippen LogP contribution >= 0.6 is 0 Å². The summed E-state index contributed by atoms with van der Waals surface area (Å²) >= 11 is 0. The van der Waals surface area contributed by atoms with Gasteiger partial charge in [0.2, 0.25) is 5.96 Å². The maximum absolute atomic E-state index is 13.4. The summed E-state index contributed by atoms with van der Waals surface area (Å²) in [5.74, 6) is 0.259. The number of hydrogen-bond acceptors (Lipinski definition) is 6. The lowest BCUT2D eigenvalue weighted by atomic mass is 9.95. The van der Waals surface area contributed by atoms with Gasteiger partial charge in [-0.2, -0.15) is 4.98 Å². The predicted molar refractivity (Wildman–Crippen MR) is 135 cm³/mol. The maximum Gasteiger partial charge on any atom is 0.302 e. The fraction of sp³-hybridized carbons (Fsp3) is 0.148. The Labute approximate surface area is 197 Å². The average molecular weight is 452 g/mol. The number of carbonyl (C=O) groups is 1. The van der Waals surface area contributed by atoms with E-state index in [1.165, 1.54) is 5.56 Å². The highest BCUT2D eigenvalue weighted by atomic mass is 16.4. The molecule has 170 valence electrons. The summed E-state index contributed by atoms with van der Waals surface area (Å²) in [5, 5.41) is 9.34. The number of allylic oxidation sites excluding steroid dienone is 1. The van der Waals surface area contributed by atoms with Gasteiger partial charge in [-0.3, -0.25) is 10.1 Å². The molecule has 0 saturated carbocycles. The third kappa shape index (κ3) is 4.41. The lowest BCUT2D eigenvalue weighted by Crippen LogP contribution is -2.37. The lowest BCUT2D eigenvalue weighted by molar-refractivity contribution is -0.113. The van der Waals surface area contributed by atoms with E-state index < -0.39 is 6.04 Å². The molecule has 5 rings (SSSR count). The highest BCUT2D eigenvalue weighted by Crippen LogP contribution is 2.32. The Kier molecular flexibility index (Phi) is 5.82. The number of carbonyl (C=O) groups excluding carboxylic acids is 1. The highest BCUT2D eigenvalue weighted by Gasteiger charge is 2.29. The summed E-state index contributed by atoms with van der Waals surface area (Å²) in [6.07, 6.45) is 0.947. The third-order valence-corrected chi connectivity index (χ3v) is 5.74. The van der Waals surface area contributed by atoms with Crippen molar-refractivity contribution in [1.29, 1.82) is 0 Å². The number of amides is 1. The molecule has 4 aromatic rings. The SMILES string of the molecule is CCc1ccc(NC(=O)C2=C(C)NC(Nc3nc4ccccc4o3)=NC2c2ccccc2)cc1. The number of rotatable bonds is 5. The number of benzene rings is 3. The number of nitrogens with one attached hydrogen (secondary N) is 3. The molecule has 0 saturated heterocycles. The van der Waals surface area contributed by atoms with Crippen LogP contribution in [0.5, 0.6) is 0 Å². The molecular weight excluding hydrogens is 426 g/mol. The highest BCUT2D eigenvalue weighted by molar-refractivity contribution is 6.07. The van der Waals surface area contributed by atoms with Crippen molar-refractivity contribution in [3.63, 3.8) is 0 Å². The van der Waals surface area contributed by atoms with Crippen molar-refractivity contribution in [3.8, 4) is 0 Å². The minimum absolute atomic E-state index is 0.201. The molecule has 2 heterocycles. The Morgan fingerprint density at radius 1 is 1.00 bits per heavy atom. The summed E-state index contributed by atoms with van der Waals surface area (Å²) in [6.45, 7) is 3.97. The van der Waals surface area contributed by atoms with E-state index in [4.69, 9.17) is 9.41 Å². The molecule has 0 fully saturated rings. The number of nitrogens with zero attached hydrogens (tertiary/aromatic N) is 2. The number of aryl methyl sites for hydroxylation is 1. The van der Waals surface area contributed by atoms with E-state index in [9.17, 15) is 4.79 Å². The molecule has 1 aromatic heterocycles. The standard InChI is InChI=1S/C27H25N5O2/c1-3-18-13-15-20(16-14-18)29-25(33)23-17(2)28-26(31-24(23)19-9-5-4-6-10-19)32-27-30-21-11-7-8-12-22(21)34-27/h4-16,24H,3H2,1-2H3,(H,29,33)(H2,28,30,31,32). The van der Waals surface area contributed by atoms with Gasteiger partial charge in [0, 0.05) is 11.4 Å². The Morgan fingerprint density at radius 2 is 1.74 bits per heavy atom. The number of para-hydroxylation sites is 2. The molecule has 1 unspecified atom stereocenters. The quantitative estimate of drug-likeness (QED) is 0.377. The molecule has 1 aliphatic heterocycles. The van der Waals surface area contributed by atoms with Crippen molar-refractivity contribution in [1.82, 2.24) is 10.3 Å². The number of guanidine groups is 1. The maximum atomic E-state index is 13.4. The Hall–Kier alpha value is -4.39. The van der Waals surface area contributed by atoms with E-state index in [2.05, 4.69) is 27.9 Å². The second kappa shape index (κ2) is 9.23. The predicted octanol–water partition coefficient (Wildman–Crippen LogP) is 5.42. The van der Waals surface area contributed by atoms with Crippen LogP contribution in [0, 0.1) is 0 Å². The van der Waals surface area contributed by atoms with Crippen molar-refractivity contribution >= 4 is 34.7 Å². The van der Waals surface area contributed by atoms with Crippen LogP contribution < -0.4 is 16.0 Å². The molecule has 3 aromatic carbocycles. The fourth-order valence-electron chi connectivity index (χ4n) is 3.96. The van der Waals surface area contributed by atoms with Gasteiger partial charge in [-0.1, -0.05) is 61.5 Å². The molecule has 7 heteroatoms. The smallest absolute Gasteiger partial charge is 0.302 e. The van der Waals surface area contributed by atoms with Crippen LogP contribution in [0.2, 0.25) is 0 Å². The average Bonchev–Trinajstić information content (AvgIpc) is 3.27. The number of aliphatic imine (C=N–C) groups is 1. The van der Waals surface area contributed by atoms with Crippen molar-refractivity contribution in [2.45, 2.75) is 26.3 Å². The molecular formula is C27H25N5O2. The van der Waals surface area contributed by atoms with Crippen molar-refractivity contribution < 1.29 is 9.21 Å². The van der Waals surface area contributed by atoms with Crippen molar-refractivity contribution in [2.24, 2.45) is 4.99 Å². The molecule has 7 nitrogen and oxygen atoms in total. The van der Waals surface area contributed by atoms with E-state index in [0.29, 0.717) is 28.8 Å². The van der Waals surface area contributed by atoms with E-state index in [-0.39, 0.29) is 5.91 Å². The lowest BCUT2D eigenvalue weighted by Gasteiger charge is -2.26. The number of anilines is 2. The Morgan fingerprint density at radius 3 is 2.47 bits per heavy atom. The summed E-state index contributed by atoms with van der Waals surface area (Å²) in [5.41, 5.74) is 5.55. The van der Waals surface area contributed by atoms with Crippen LogP contribution in [0.1, 0.15) is 31.0 Å². The van der Waals surface area contributed by atoms with Crippen LogP contribution in [0.3, 0.4) is 0 Å². The first-order valence-corrected chi connectivity index (χ1v) is 11.2. The molecule has 1 atom stereocenters. The first-order chi connectivity index (χ1) is 16.6. The molecule has 34 heavy (non-hydrogen) atoms. The monoisotopic (exact) mass is 451 g/mol. The van der Waals surface area contributed by atoms with Gasteiger partial charge in [0.25, 0.3) is 5.91 Å². The second-order valence-electron chi connectivity index (χ2n) is 8.07. The van der Waals surface area contributed by atoms with Crippen molar-refractivity contribution in [3.05, 3.63) is 101 Å². The van der Waals surface area contributed by atoms with Crippen molar-refractivity contribution in [2.75, 3.05) is 10.6 Å². The van der Waals surface area contributed by atoms with E-state index >= 15 is 0 Å². The number of hydrogen-bond donors (Lipinski definition) is 3. The Bertz CT molecular complexity index is 1350. The topological polar surface area (TPSA) is 91.6 Å². The molecule has 0 radical (unpaired) electrons. The normalized spacial score (nSPS) is 15.6.